The van der Waals surface area contributed by atoms with Gasteiger partial charge < -0.3 is 4.74 Å². The molecular weight excluding hydrogens is 530 g/mol. The molecule has 2 heterocycles. The van der Waals surface area contributed by atoms with E-state index in [1.54, 1.807) is 24.3 Å². The lowest BCUT2D eigenvalue weighted by Crippen LogP contribution is -2.42. The van der Waals surface area contributed by atoms with Gasteiger partial charge in [-0.25, -0.2) is 4.90 Å². The van der Waals surface area contributed by atoms with Gasteiger partial charge in [0.2, 0.25) is 11.8 Å². The fraction of sp³-hybridized carbons (Fsp3) is 0.129. The van der Waals surface area contributed by atoms with E-state index in [4.69, 9.17) is 4.74 Å². The van der Waals surface area contributed by atoms with Crippen molar-refractivity contribution < 1.29 is 19.1 Å². The first kappa shape index (κ1) is 22.2. The van der Waals surface area contributed by atoms with Crippen LogP contribution in [0.25, 0.3) is 16.3 Å². The summed E-state index contributed by atoms with van der Waals surface area (Å²) in [6.45, 7) is 0. The van der Waals surface area contributed by atoms with Crippen molar-refractivity contribution in [2.45, 2.75) is 5.92 Å². The topological polar surface area (TPSA) is 63.7 Å². The minimum absolute atomic E-state index is 0.293. The zero-order valence-corrected chi connectivity index (χ0v) is 21.1. The number of fused-ring (bicyclic) bond motifs is 7. The number of hydrogen-bond donors (Lipinski definition) is 0. The Morgan fingerprint density at radius 3 is 2.22 bits per heavy atom. The normalized spacial score (nSPS) is 24.3. The number of hydrogen-bond acceptors (Lipinski definition) is 4. The molecule has 4 atom stereocenters. The number of imide groups is 1. The molecule has 0 unspecified atom stereocenters. The largest absolute Gasteiger partial charge is 0.425 e. The number of carbonyl (C=O) groups excluding carboxylic acids is 3. The maximum Gasteiger partial charge on any atom is 0.319 e. The van der Waals surface area contributed by atoms with Crippen LogP contribution in [-0.2, 0) is 14.4 Å². The Kier molecular flexibility index (Phi) is 4.95. The predicted molar refractivity (Wildman–Crippen MR) is 144 cm³/mol. The van der Waals surface area contributed by atoms with E-state index in [1.165, 1.54) is 4.90 Å². The summed E-state index contributed by atoms with van der Waals surface area (Å²) in [5.74, 6) is -3.41. The molecule has 0 aromatic heterocycles. The number of halogens is 1. The Morgan fingerprint density at radius 1 is 0.730 bits per heavy atom. The minimum Gasteiger partial charge on any atom is -0.425 e. The summed E-state index contributed by atoms with van der Waals surface area (Å²) < 4.78 is 6.78. The number of carbonyl (C=O) groups is 3. The van der Waals surface area contributed by atoms with E-state index >= 15 is 0 Å². The molecule has 37 heavy (non-hydrogen) atoms. The third-order valence-electron chi connectivity index (χ3n) is 7.75. The average molecular weight is 550 g/mol. The monoisotopic (exact) mass is 549 g/mol. The van der Waals surface area contributed by atoms with Crippen LogP contribution in [0.3, 0.4) is 0 Å². The van der Waals surface area contributed by atoms with Crippen LogP contribution in [0.5, 0.6) is 5.75 Å². The summed E-state index contributed by atoms with van der Waals surface area (Å²) in [4.78, 5) is 42.8. The number of esters is 1. The summed E-state index contributed by atoms with van der Waals surface area (Å²) in [6.07, 6.45) is 2.02. The maximum absolute atomic E-state index is 14.0. The molecule has 180 valence electrons. The van der Waals surface area contributed by atoms with Crippen LogP contribution in [0.1, 0.15) is 17.0 Å². The van der Waals surface area contributed by atoms with E-state index in [-0.39, 0.29) is 17.7 Å². The van der Waals surface area contributed by atoms with Gasteiger partial charge in [0.25, 0.3) is 0 Å². The molecule has 0 saturated carbocycles. The number of nitrogens with zero attached hydrogens (tertiary/aromatic N) is 1. The van der Waals surface area contributed by atoms with Crippen LogP contribution in [0, 0.1) is 17.8 Å². The van der Waals surface area contributed by atoms with Gasteiger partial charge in [-0.1, -0.05) is 88.7 Å². The molecule has 0 radical (unpaired) electrons. The molecule has 4 aromatic carbocycles. The highest BCUT2D eigenvalue weighted by atomic mass is 79.9. The summed E-state index contributed by atoms with van der Waals surface area (Å²) >= 11 is 3.41. The number of amides is 2. The summed E-state index contributed by atoms with van der Waals surface area (Å²) in [7, 11) is 0. The second kappa shape index (κ2) is 8.25. The summed E-state index contributed by atoms with van der Waals surface area (Å²) in [6, 6.07) is 28.5. The molecule has 1 saturated heterocycles. The number of benzene rings is 4. The van der Waals surface area contributed by atoms with Gasteiger partial charge in [-0.05, 0) is 40.8 Å². The molecule has 2 amide bonds. The SMILES string of the molecule is O=C1Oc2c(ccc3ccccc23)C2=C[C@H](c3ccccc3)[C@@H]3C(=O)N(c4ccc(Br)cc4)C(=O)[C@@H]3[C@H]12. The van der Waals surface area contributed by atoms with Gasteiger partial charge in [-0.3, -0.25) is 14.4 Å². The van der Waals surface area contributed by atoms with Crippen molar-refractivity contribution in [3.8, 4) is 5.75 Å². The molecule has 0 N–H and O–H groups in total. The van der Waals surface area contributed by atoms with Crippen molar-refractivity contribution in [3.63, 3.8) is 0 Å². The minimum atomic E-state index is -0.853. The highest BCUT2D eigenvalue weighted by Gasteiger charge is 2.60. The van der Waals surface area contributed by atoms with Gasteiger partial charge in [0.1, 0.15) is 5.75 Å². The van der Waals surface area contributed by atoms with E-state index in [1.807, 2.05) is 72.8 Å². The molecule has 1 fully saturated rings. The molecule has 5 nitrogen and oxygen atoms in total. The van der Waals surface area contributed by atoms with Gasteiger partial charge in [0.05, 0.1) is 23.4 Å². The van der Waals surface area contributed by atoms with E-state index in [2.05, 4.69) is 15.9 Å². The molecule has 6 heteroatoms. The van der Waals surface area contributed by atoms with Crippen molar-refractivity contribution >= 4 is 55.7 Å². The Labute approximate surface area is 221 Å². The average Bonchev–Trinajstić information content (AvgIpc) is 3.19. The Bertz CT molecular complexity index is 1640. The third-order valence-corrected chi connectivity index (χ3v) is 8.28. The van der Waals surface area contributed by atoms with Crippen LogP contribution < -0.4 is 9.64 Å². The molecule has 0 spiro atoms. The molecule has 2 aliphatic heterocycles. The second-order valence-electron chi connectivity index (χ2n) is 9.66. The van der Waals surface area contributed by atoms with Crippen LogP contribution in [0.4, 0.5) is 5.69 Å². The number of anilines is 1. The van der Waals surface area contributed by atoms with Crippen LogP contribution in [0.15, 0.2) is 102 Å². The number of allylic oxidation sites excluding steroid dienone is 1. The zero-order chi connectivity index (χ0) is 25.3. The summed E-state index contributed by atoms with van der Waals surface area (Å²) in [5, 5.41) is 1.81. The van der Waals surface area contributed by atoms with Gasteiger partial charge in [-0.15, -0.1) is 0 Å². The lowest BCUT2D eigenvalue weighted by molar-refractivity contribution is -0.142. The maximum atomic E-state index is 14.0. The third kappa shape index (κ3) is 3.25. The lowest BCUT2D eigenvalue weighted by atomic mass is 9.64. The molecule has 0 bridgehead atoms. The first-order valence-corrected chi connectivity index (χ1v) is 13.0. The lowest BCUT2D eigenvalue weighted by Gasteiger charge is -2.38. The quantitative estimate of drug-likeness (QED) is 0.171. The first-order valence-electron chi connectivity index (χ1n) is 12.2. The van der Waals surface area contributed by atoms with Crippen LogP contribution in [-0.4, -0.2) is 17.8 Å². The number of rotatable bonds is 2. The Morgan fingerprint density at radius 2 is 1.43 bits per heavy atom. The van der Waals surface area contributed by atoms with Crippen molar-refractivity contribution in [1.29, 1.82) is 0 Å². The highest BCUT2D eigenvalue weighted by Crippen LogP contribution is 2.55. The smallest absolute Gasteiger partial charge is 0.319 e. The van der Waals surface area contributed by atoms with Crippen LogP contribution in [0.2, 0.25) is 0 Å². The van der Waals surface area contributed by atoms with Gasteiger partial charge in [-0.2, -0.15) is 0 Å². The molecule has 1 aliphatic carbocycles. The summed E-state index contributed by atoms with van der Waals surface area (Å²) in [5.41, 5.74) is 2.98. The Balaban J connectivity index is 1.44. The van der Waals surface area contributed by atoms with E-state index in [9.17, 15) is 14.4 Å². The van der Waals surface area contributed by atoms with Crippen molar-refractivity contribution in [2.24, 2.45) is 17.8 Å². The molecule has 3 aliphatic rings. The van der Waals surface area contributed by atoms with Gasteiger partial charge >= 0.3 is 5.97 Å². The van der Waals surface area contributed by atoms with Gasteiger partial charge in [0, 0.05) is 21.3 Å². The Hall–Kier alpha value is -4.03. The fourth-order valence-corrected chi connectivity index (χ4v) is 6.40. The van der Waals surface area contributed by atoms with Gasteiger partial charge in [0.15, 0.2) is 0 Å². The van der Waals surface area contributed by atoms with Crippen molar-refractivity contribution in [1.82, 2.24) is 0 Å². The second-order valence-corrected chi connectivity index (χ2v) is 10.6. The highest BCUT2D eigenvalue weighted by molar-refractivity contribution is 9.10. The number of ether oxygens (including phenoxy) is 1. The van der Waals surface area contributed by atoms with E-state index in [0.29, 0.717) is 11.4 Å². The zero-order valence-electron chi connectivity index (χ0n) is 19.5. The van der Waals surface area contributed by atoms with E-state index < -0.39 is 23.7 Å². The van der Waals surface area contributed by atoms with E-state index in [0.717, 1.165) is 31.9 Å². The van der Waals surface area contributed by atoms with Crippen molar-refractivity contribution in [2.75, 3.05) is 4.90 Å². The molecule has 7 rings (SSSR count). The predicted octanol–water partition coefficient (Wildman–Crippen LogP) is 6.12. The standard InChI is InChI=1S/C31H20BrNO4/c32-19-11-13-20(14-12-19)33-29(34)25-23(17-6-2-1-3-7-17)16-24-22-15-10-18-8-4-5-9-21(18)28(22)37-31(36)26(24)27(25)30(33)35/h1-16,23,25-27H/t23-,25+,26-,27+/m1/s1. The molecular formula is C31H20BrNO4. The van der Waals surface area contributed by atoms with Crippen LogP contribution >= 0.6 is 15.9 Å². The first-order chi connectivity index (χ1) is 18.0. The fourth-order valence-electron chi connectivity index (χ4n) is 6.13. The molecule has 4 aromatic rings. The van der Waals surface area contributed by atoms with Crippen molar-refractivity contribution in [3.05, 3.63) is 113 Å².